The predicted octanol–water partition coefficient (Wildman–Crippen LogP) is 2.17. The standard InChI is InChI=1S/C14H28N2O/c1-11(2)8-16-14(17)10-15-9-13-6-4-12(3)5-7-13/h11-13,15H,4-10H2,1-3H3,(H,16,17). The van der Waals surface area contributed by atoms with Gasteiger partial charge in [-0.3, -0.25) is 4.79 Å². The molecule has 1 rings (SSSR count). The number of amides is 1. The Labute approximate surface area is 106 Å². The minimum atomic E-state index is 0.128. The summed E-state index contributed by atoms with van der Waals surface area (Å²) < 4.78 is 0. The van der Waals surface area contributed by atoms with Crippen LogP contribution in [0.4, 0.5) is 0 Å². The maximum absolute atomic E-state index is 11.5. The van der Waals surface area contributed by atoms with E-state index in [1.54, 1.807) is 0 Å². The molecule has 1 aliphatic rings. The molecule has 0 atom stereocenters. The van der Waals surface area contributed by atoms with Crippen molar-refractivity contribution in [3.63, 3.8) is 0 Å². The van der Waals surface area contributed by atoms with E-state index in [0.717, 1.165) is 24.9 Å². The summed E-state index contributed by atoms with van der Waals surface area (Å²) in [7, 11) is 0. The van der Waals surface area contributed by atoms with Gasteiger partial charge in [0.2, 0.25) is 5.91 Å². The minimum Gasteiger partial charge on any atom is -0.355 e. The highest BCUT2D eigenvalue weighted by atomic mass is 16.1. The van der Waals surface area contributed by atoms with Gasteiger partial charge in [0, 0.05) is 6.54 Å². The zero-order valence-corrected chi connectivity index (χ0v) is 11.6. The monoisotopic (exact) mass is 240 g/mol. The largest absolute Gasteiger partial charge is 0.355 e. The Morgan fingerprint density at radius 3 is 2.47 bits per heavy atom. The Kier molecular flexibility index (Phi) is 6.56. The highest BCUT2D eigenvalue weighted by molar-refractivity contribution is 5.77. The zero-order chi connectivity index (χ0) is 12.7. The van der Waals surface area contributed by atoms with Crippen LogP contribution in [0.15, 0.2) is 0 Å². The van der Waals surface area contributed by atoms with E-state index in [4.69, 9.17) is 0 Å². The smallest absolute Gasteiger partial charge is 0.233 e. The molecule has 0 aliphatic heterocycles. The van der Waals surface area contributed by atoms with Gasteiger partial charge < -0.3 is 10.6 Å². The molecule has 3 heteroatoms. The summed E-state index contributed by atoms with van der Waals surface area (Å²) >= 11 is 0. The third-order valence-corrected chi connectivity index (χ3v) is 3.56. The molecule has 1 saturated carbocycles. The number of hydrogen-bond donors (Lipinski definition) is 2. The van der Waals surface area contributed by atoms with E-state index in [-0.39, 0.29) is 5.91 Å². The molecule has 0 aromatic rings. The van der Waals surface area contributed by atoms with Gasteiger partial charge in [-0.05, 0) is 37.1 Å². The van der Waals surface area contributed by atoms with Crippen LogP contribution in [0.25, 0.3) is 0 Å². The van der Waals surface area contributed by atoms with Crippen LogP contribution in [0, 0.1) is 17.8 Å². The molecule has 0 heterocycles. The fourth-order valence-corrected chi connectivity index (χ4v) is 2.30. The van der Waals surface area contributed by atoms with E-state index in [0.29, 0.717) is 12.5 Å². The van der Waals surface area contributed by atoms with Crippen molar-refractivity contribution in [3.05, 3.63) is 0 Å². The van der Waals surface area contributed by atoms with Gasteiger partial charge in [0.25, 0.3) is 0 Å². The Morgan fingerprint density at radius 1 is 1.24 bits per heavy atom. The van der Waals surface area contributed by atoms with Gasteiger partial charge in [0.15, 0.2) is 0 Å². The van der Waals surface area contributed by atoms with Crippen molar-refractivity contribution in [2.75, 3.05) is 19.6 Å². The minimum absolute atomic E-state index is 0.128. The molecule has 0 radical (unpaired) electrons. The Morgan fingerprint density at radius 2 is 1.88 bits per heavy atom. The Hall–Kier alpha value is -0.570. The maximum atomic E-state index is 11.5. The summed E-state index contributed by atoms with van der Waals surface area (Å²) in [5, 5.41) is 6.21. The fraction of sp³-hybridized carbons (Fsp3) is 0.929. The SMILES string of the molecule is CC(C)CNC(=O)CNCC1CCC(C)CC1. The lowest BCUT2D eigenvalue weighted by Gasteiger charge is -2.26. The summed E-state index contributed by atoms with van der Waals surface area (Å²) in [4.78, 5) is 11.5. The molecule has 0 spiro atoms. The maximum Gasteiger partial charge on any atom is 0.233 e. The summed E-state index contributed by atoms with van der Waals surface area (Å²) in [5.41, 5.74) is 0. The van der Waals surface area contributed by atoms with E-state index in [9.17, 15) is 4.79 Å². The second kappa shape index (κ2) is 7.70. The van der Waals surface area contributed by atoms with E-state index < -0.39 is 0 Å². The second-order valence-electron chi connectivity index (χ2n) is 5.95. The quantitative estimate of drug-likeness (QED) is 0.747. The lowest BCUT2D eigenvalue weighted by atomic mass is 9.83. The van der Waals surface area contributed by atoms with E-state index in [1.807, 2.05) is 0 Å². The van der Waals surface area contributed by atoms with E-state index in [2.05, 4.69) is 31.4 Å². The Bertz CT molecular complexity index is 220. The van der Waals surface area contributed by atoms with Gasteiger partial charge >= 0.3 is 0 Å². The van der Waals surface area contributed by atoms with Gasteiger partial charge in [-0.25, -0.2) is 0 Å². The molecule has 0 aromatic heterocycles. The summed E-state index contributed by atoms with van der Waals surface area (Å²) in [5.74, 6) is 2.34. The second-order valence-corrected chi connectivity index (χ2v) is 5.95. The van der Waals surface area contributed by atoms with Crippen LogP contribution in [0.3, 0.4) is 0 Å². The molecular weight excluding hydrogens is 212 g/mol. The number of hydrogen-bond acceptors (Lipinski definition) is 2. The van der Waals surface area contributed by atoms with Crippen molar-refractivity contribution >= 4 is 5.91 Å². The van der Waals surface area contributed by atoms with Crippen LogP contribution in [0.2, 0.25) is 0 Å². The van der Waals surface area contributed by atoms with Crippen molar-refractivity contribution in [3.8, 4) is 0 Å². The summed E-state index contributed by atoms with van der Waals surface area (Å²) in [6.07, 6.45) is 5.35. The van der Waals surface area contributed by atoms with Gasteiger partial charge in [-0.15, -0.1) is 0 Å². The van der Waals surface area contributed by atoms with Crippen molar-refractivity contribution in [1.29, 1.82) is 0 Å². The highest BCUT2D eigenvalue weighted by Crippen LogP contribution is 2.27. The molecule has 0 aromatic carbocycles. The van der Waals surface area contributed by atoms with E-state index >= 15 is 0 Å². The average molecular weight is 240 g/mol. The first kappa shape index (κ1) is 14.5. The molecule has 0 saturated heterocycles. The van der Waals surface area contributed by atoms with Crippen LogP contribution >= 0.6 is 0 Å². The van der Waals surface area contributed by atoms with Crippen molar-refractivity contribution < 1.29 is 4.79 Å². The van der Waals surface area contributed by atoms with Crippen molar-refractivity contribution in [2.24, 2.45) is 17.8 Å². The zero-order valence-electron chi connectivity index (χ0n) is 11.6. The summed E-state index contributed by atoms with van der Waals surface area (Å²) in [6.45, 7) is 8.80. The number of nitrogens with one attached hydrogen (secondary N) is 2. The lowest BCUT2D eigenvalue weighted by molar-refractivity contribution is -0.120. The van der Waals surface area contributed by atoms with Crippen LogP contribution < -0.4 is 10.6 Å². The molecular formula is C14H28N2O. The highest BCUT2D eigenvalue weighted by Gasteiger charge is 2.17. The molecule has 2 N–H and O–H groups in total. The number of carbonyl (C=O) groups is 1. The third-order valence-electron chi connectivity index (χ3n) is 3.56. The fourth-order valence-electron chi connectivity index (χ4n) is 2.30. The average Bonchev–Trinajstić information content (AvgIpc) is 2.29. The van der Waals surface area contributed by atoms with Gasteiger partial charge in [-0.1, -0.05) is 33.6 Å². The van der Waals surface area contributed by atoms with Gasteiger partial charge in [0.1, 0.15) is 0 Å². The first-order valence-electron chi connectivity index (χ1n) is 7.05. The van der Waals surface area contributed by atoms with Crippen LogP contribution in [-0.2, 0) is 4.79 Å². The predicted molar refractivity (Wildman–Crippen MR) is 71.8 cm³/mol. The molecule has 3 nitrogen and oxygen atoms in total. The van der Waals surface area contributed by atoms with E-state index in [1.165, 1.54) is 25.7 Å². The molecule has 1 aliphatic carbocycles. The lowest BCUT2D eigenvalue weighted by Crippen LogP contribution is -2.37. The first-order chi connectivity index (χ1) is 8.08. The molecule has 100 valence electrons. The number of carbonyl (C=O) groups excluding carboxylic acids is 1. The third kappa shape index (κ3) is 6.67. The van der Waals surface area contributed by atoms with Gasteiger partial charge in [0.05, 0.1) is 6.54 Å². The molecule has 17 heavy (non-hydrogen) atoms. The van der Waals surface area contributed by atoms with Crippen molar-refractivity contribution in [1.82, 2.24) is 10.6 Å². The first-order valence-corrected chi connectivity index (χ1v) is 7.05. The van der Waals surface area contributed by atoms with Gasteiger partial charge in [-0.2, -0.15) is 0 Å². The molecule has 1 fully saturated rings. The summed E-state index contributed by atoms with van der Waals surface area (Å²) in [6, 6.07) is 0. The van der Waals surface area contributed by atoms with Crippen molar-refractivity contribution in [2.45, 2.75) is 46.5 Å². The molecule has 0 bridgehead atoms. The van der Waals surface area contributed by atoms with Crippen LogP contribution in [0.5, 0.6) is 0 Å². The number of rotatable bonds is 6. The normalized spacial score (nSPS) is 24.9. The van der Waals surface area contributed by atoms with Crippen LogP contribution in [0.1, 0.15) is 46.5 Å². The molecule has 0 unspecified atom stereocenters. The van der Waals surface area contributed by atoms with Crippen LogP contribution in [-0.4, -0.2) is 25.5 Å². The topological polar surface area (TPSA) is 41.1 Å². The Balaban J connectivity index is 2.01. The molecule has 1 amide bonds.